The second-order valence-corrected chi connectivity index (χ2v) is 4.02. The van der Waals surface area contributed by atoms with E-state index in [9.17, 15) is 5.11 Å². The molecule has 1 heterocycles. The van der Waals surface area contributed by atoms with Crippen molar-refractivity contribution >= 4 is 17.5 Å². The SMILES string of the molecule is Cc1nc(N)nc(-c2ccccc2CO)c1Cl. The standard InChI is InChI=1S/C12H12ClN3O/c1-7-10(13)11(16-12(14)15-7)9-5-3-2-4-8(9)6-17/h2-5,17H,6H2,1H3,(H2,14,15,16). The number of aliphatic hydroxyl groups is 1. The van der Waals surface area contributed by atoms with Gasteiger partial charge >= 0.3 is 0 Å². The molecule has 1 aromatic carbocycles. The lowest BCUT2D eigenvalue weighted by atomic mass is 10.0. The van der Waals surface area contributed by atoms with Gasteiger partial charge in [0.15, 0.2) is 0 Å². The van der Waals surface area contributed by atoms with Crippen LogP contribution in [0.25, 0.3) is 11.3 Å². The lowest BCUT2D eigenvalue weighted by molar-refractivity contribution is 0.282. The van der Waals surface area contributed by atoms with Gasteiger partial charge in [-0.25, -0.2) is 9.97 Å². The van der Waals surface area contributed by atoms with E-state index in [-0.39, 0.29) is 12.6 Å². The predicted octanol–water partition coefficient (Wildman–Crippen LogP) is 2.18. The van der Waals surface area contributed by atoms with Crippen molar-refractivity contribution in [3.63, 3.8) is 0 Å². The zero-order chi connectivity index (χ0) is 12.4. The number of hydrogen-bond donors (Lipinski definition) is 2. The Balaban J connectivity index is 2.68. The molecule has 1 aromatic heterocycles. The highest BCUT2D eigenvalue weighted by atomic mass is 35.5. The molecular formula is C12H12ClN3O. The number of hydrogen-bond acceptors (Lipinski definition) is 4. The van der Waals surface area contributed by atoms with Crippen molar-refractivity contribution in [1.82, 2.24) is 9.97 Å². The van der Waals surface area contributed by atoms with Crippen LogP contribution in [-0.4, -0.2) is 15.1 Å². The van der Waals surface area contributed by atoms with Crippen LogP contribution in [0.4, 0.5) is 5.95 Å². The molecule has 0 atom stereocenters. The molecular weight excluding hydrogens is 238 g/mol. The van der Waals surface area contributed by atoms with Crippen LogP contribution in [-0.2, 0) is 6.61 Å². The third kappa shape index (κ3) is 2.23. The van der Waals surface area contributed by atoms with Gasteiger partial charge in [0.25, 0.3) is 0 Å². The highest BCUT2D eigenvalue weighted by molar-refractivity contribution is 6.33. The summed E-state index contributed by atoms with van der Waals surface area (Å²) in [6, 6.07) is 7.37. The number of nitrogen functional groups attached to an aromatic ring is 1. The molecule has 0 aliphatic carbocycles. The summed E-state index contributed by atoms with van der Waals surface area (Å²) in [5.41, 5.74) is 8.33. The first kappa shape index (κ1) is 11.8. The fraction of sp³-hybridized carbons (Fsp3) is 0.167. The molecule has 4 nitrogen and oxygen atoms in total. The van der Waals surface area contributed by atoms with Crippen LogP contribution in [0.3, 0.4) is 0 Å². The minimum absolute atomic E-state index is 0.0740. The van der Waals surface area contributed by atoms with E-state index in [0.717, 1.165) is 11.1 Å². The average molecular weight is 250 g/mol. The number of aliphatic hydroxyl groups excluding tert-OH is 1. The molecule has 2 aromatic rings. The molecule has 88 valence electrons. The maximum absolute atomic E-state index is 9.29. The maximum atomic E-state index is 9.29. The third-order valence-corrected chi connectivity index (χ3v) is 2.93. The van der Waals surface area contributed by atoms with Crippen molar-refractivity contribution < 1.29 is 5.11 Å². The maximum Gasteiger partial charge on any atom is 0.220 e. The zero-order valence-electron chi connectivity index (χ0n) is 9.31. The predicted molar refractivity (Wildman–Crippen MR) is 67.6 cm³/mol. The molecule has 0 unspecified atom stereocenters. The number of benzene rings is 1. The van der Waals surface area contributed by atoms with Crippen molar-refractivity contribution in [3.8, 4) is 11.3 Å². The summed E-state index contributed by atoms with van der Waals surface area (Å²) >= 11 is 6.17. The number of anilines is 1. The Morgan fingerprint density at radius 3 is 2.71 bits per heavy atom. The Bertz CT molecular complexity index is 557. The summed E-state index contributed by atoms with van der Waals surface area (Å²) in [6.07, 6.45) is 0. The van der Waals surface area contributed by atoms with Crippen molar-refractivity contribution in [2.24, 2.45) is 0 Å². The van der Waals surface area contributed by atoms with E-state index in [1.54, 1.807) is 6.92 Å². The van der Waals surface area contributed by atoms with E-state index in [2.05, 4.69) is 9.97 Å². The molecule has 0 aliphatic rings. The number of aromatic nitrogens is 2. The third-order valence-electron chi connectivity index (χ3n) is 2.48. The van der Waals surface area contributed by atoms with Gasteiger partial charge in [-0.15, -0.1) is 0 Å². The van der Waals surface area contributed by atoms with Gasteiger partial charge in [0.2, 0.25) is 5.95 Å². The summed E-state index contributed by atoms with van der Waals surface area (Å²) in [5.74, 6) is 0.176. The van der Waals surface area contributed by atoms with Crippen LogP contribution in [0.2, 0.25) is 5.02 Å². The van der Waals surface area contributed by atoms with Crippen LogP contribution < -0.4 is 5.73 Å². The lowest BCUT2D eigenvalue weighted by Gasteiger charge is -2.10. The first-order chi connectivity index (χ1) is 8.13. The summed E-state index contributed by atoms with van der Waals surface area (Å²) in [4.78, 5) is 8.12. The number of nitrogens with two attached hydrogens (primary N) is 1. The molecule has 2 rings (SSSR count). The van der Waals surface area contributed by atoms with E-state index in [0.29, 0.717) is 16.4 Å². The molecule has 5 heteroatoms. The first-order valence-electron chi connectivity index (χ1n) is 5.12. The molecule has 3 N–H and O–H groups in total. The fourth-order valence-electron chi connectivity index (χ4n) is 1.65. The smallest absolute Gasteiger partial charge is 0.220 e. The minimum atomic E-state index is -0.0740. The summed E-state index contributed by atoms with van der Waals surface area (Å²) in [6.45, 7) is 1.70. The Kier molecular flexibility index (Phi) is 3.26. The summed E-state index contributed by atoms with van der Waals surface area (Å²) < 4.78 is 0. The van der Waals surface area contributed by atoms with E-state index in [1.165, 1.54) is 0 Å². The van der Waals surface area contributed by atoms with Crippen LogP contribution in [0.15, 0.2) is 24.3 Å². The molecule has 0 radical (unpaired) electrons. The molecule has 0 saturated heterocycles. The van der Waals surface area contributed by atoms with Gasteiger partial charge in [-0.2, -0.15) is 0 Å². The van der Waals surface area contributed by atoms with E-state index in [1.807, 2.05) is 24.3 Å². The van der Waals surface area contributed by atoms with Crippen molar-refractivity contribution in [3.05, 3.63) is 40.5 Å². The summed E-state index contributed by atoms with van der Waals surface area (Å²) in [5, 5.41) is 9.75. The molecule has 0 spiro atoms. The van der Waals surface area contributed by atoms with Crippen molar-refractivity contribution in [2.45, 2.75) is 13.5 Å². The topological polar surface area (TPSA) is 72.0 Å². The van der Waals surface area contributed by atoms with Gasteiger partial charge in [-0.1, -0.05) is 35.9 Å². The molecule has 17 heavy (non-hydrogen) atoms. The molecule has 0 bridgehead atoms. The second-order valence-electron chi connectivity index (χ2n) is 3.65. The van der Waals surface area contributed by atoms with Gasteiger partial charge in [-0.3, -0.25) is 0 Å². The van der Waals surface area contributed by atoms with Crippen molar-refractivity contribution in [2.75, 3.05) is 5.73 Å². The fourth-order valence-corrected chi connectivity index (χ4v) is 1.83. The summed E-state index contributed by atoms with van der Waals surface area (Å²) in [7, 11) is 0. The number of rotatable bonds is 2. The Morgan fingerprint density at radius 2 is 2.00 bits per heavy atom. The normalized spacial score (nSPS) is 10.5. The monoisotopic (exact) mass is 249 g/mol. The van der Waals surface area contributed by atoms with E-state index >= 15 is 0 Å². The quantitative estimate of drug-likeness (QED) is 0.856. The molecule has 0 amide bonds. The number of halogens is 1. The van der Waals surface area contributed by atoms with Gasteiger partial charge in [0.1, 0.15) is 0 Å². The number of nitrogens with zero attached hydrogens (tertiary/aromatic N) is 2. The Hall–Kier alpha value is -1.65. The zero-order valence-corrected chi connectivity index (χ0v) is 10.1. The molecule has 0 fully saturated rings. The van der Waals surface area contributed by atoms with Gasteiger partial charge < -0.3 is 10.8 Å². The average Bonchev–Trinajstić information content (AvgIpc) is 2.33. The van der Waals surface area contributed by atoms with E-state index in [4.69, 9.17) is 17.3 Å². The van der Waals surface area contributed by atoms with Gasteiger partial charge in [0.05, 0.1) is 23.0 Å². The van der Waals surface area contributed by atoms with Crippen LogP contribution in [0, 0.1) is 6.92 Å². The van der Waals surface area contributed by atoms with E-state index < -0.39 is 0 Å². The number of aryl methyl sites for hydroxylation is 1. The van der Waals surface area contributed by atoms with Crippen LogP contribution in [0.5, 0.6) is 0 Å². The largest absolute Gasteiger partial charge is 0.392 e. The minimum Gasteiger partial charge on any atom is -0.392 e. The highest BCUT2D eigenvalue weighted by Crippen LogP contribution is 2.30. The first-order valence-corrected chi connectivity index (χ1v) is 5.50. The van der Waals surface area contributed by atoms with Crippen molar-refractivity contribution in [1.29, 1.82) is 0 Å². The van der Waals surface area contributed by atoms with Gasteiger partial charge in [0, 0.05) is 5.56 Å². The lowest BCUT2D eigenvalue weighted by Crippen LogP contribution is -2.01. The Labute approximate surface area is 104 Å². The second kappa shape index (κ2) is 4.69. The molecule has 0 saturated carbocycles. The Morgan fingerprint density at radius 1 is 1.29 bits per heavy atom. The van der Waals surface area contributed by atoms with Crippen LogP contribution >= 0.6 is 11.6 Å². The molecule has 0 aliphatic heterocycles. The van der Waals surface area contributed by atoms with Gasteiger partial charge in [-0.05, 0) is 12.5 Å². The highest BCUT2D eigenvalue weighted by Gasteiger charge is 2.13. The van der Waals surface area contributed by atoms with Crippen LogP contribution in [0.1, 0.15) is 11.3 Å².